The van der Waals surface area contributed by atoms with E-state index in [1.165, 1.54) is 0 Å². The Morgan fingerprint density at radius 1 is 1.22 bits per heavy atom. The van der Waals surface area contributed by atoms with Gasteiger partial charge in [0.15, 0.2) is 5.65 Å². The van der Waals surface area contributed by atoms with Gasteiger partial charge < -0.3 is 10.6 Å². The highest BCUT2D eigenvalue weighted by atomic mass is 16.2. The monoisotopic (exact) mass is 309 g/mol. The lowest BCUT2D eigenvalue weighted by Gasteiger charge is -2.09. The number of hydrogen-bond acceptors (Lipinski definition) is 3. The third-order valence-corrected chi connectivity index (χ3v) is 3.48. The number of amides is 2. The van der Waals surface area contributed by atoms with Gasteiger partial charge in [-0.25, -0.2) is 14.5 Å². The molecule has 2 aromatic heterocycles. The van der Waals surface area contributed by atoms with E-state index < -0.39 is 0 Å². The van der Waals surface area contributed by atoms with Crippen molar-refractivity contribution in [3.63, 3.8) is 0 Å². The second-order valence-electron chi connectivity index (χ2n) is 5.61. The van der Waals surface area contributed by atoms with Crippen molar-refractivity contribution < 1.29 is 4.79 Å². The zero-order valence-corrected chi connectivity index (χ0v) is 13.2. The van der Waals surface area contributed by atoms with Gasteiger partial charge in [0, 0.05) is 18.0 Å². The first kappa shape index (κ1) is 15.0. The molecule has 1 aromatic carbocycles. The Kier molecular flexibility index (Phi) is 4.23. The van der Waals surface area contributed by atoms with Crippen molar-refractivity contribution in [2.75, 3.05) is 5.32 Å². The van der Waals surface area contributed by atoms with E-state index in [4.69, 9.17) is 0 Å². The van der Waals surface area contributed by atoms with Gasteiger partial charge in [-0.05, 0) is 25.5 Å². The van der Waals surface area contributed by atoms with Gasteiger partial charge in [-0.1, -0.05) is 30.3 Å². The Labute approximate surface area is 134 Å². The highest BCUT2D eigenvalue weighted by Crippen LogP contribution is 2.18. The van der Waals surface area contributed by atoms with Crippen molar-refractivity contribution in [2.45, 2.75) is 26.4 Å². The largest absolute Gasteiger partial charge is 0.334 e. The first-order chi connectivity index (χ1) is 11.1. The van der Waals surface area contributed by atoms with Crippen LogP contribution in [0.15, 0.2) is 48.8 Å². The van der Waals surface area contributed by atoms with Crippen LogP contribution in [0.3, 0.4) is 0 Å². The number of carbonyl (C=O) groups is 1. The molecule has 23 heavy (non-hydrogen) atoms. The summed E-state index contributed by atoms with van der Waals surface area (Å²) in [5.74, 6) is 0. The maximum absolute atomic E-state index is 12.0. The number of nitrogens with zero attached hydrogens (tertiary/aromatic N) is 3. The van der Waals surface area contributed by atoms with Gasteiger partial charge in [-0.2, -0.15) is 5.10 Å². The molecule has 118 valence electrons. The highest BCUT2D eigenvalue weighted by Gasteiger charge is 2.09. The molecule has 0 aliphatic carbocycles. The molecule has 0 aliphatic heterocycles. The minimum atomic E-state index is -0.258. The molecule has 3 aromatic rings. The summed E-state index contributed by atoms with van der Waals surface area (Å²) in [5.41, 5.74) is 2.51. The van der Waals surface area contributed by atoms with Gasteiger partial charge in [0.1, 0.15) is 0 Å². The van der Waals surface area contributed by atoms with E-state index in [1.807, 2.05) is 41.1 Å². The number of carbonyl (C=O) groups excluding carboxylic acids is 1. The maximum Gasteiger partial charge on any atom is 0.319 e. The van der Waals surface area contributed by atoms with Crippen molar-refractivity contribution in [1.29, 1.82) is 0 Å². The van der Waals surface area contributed by atoms with Gasteiger partial charge in [-0.3, -0.25) is 0 Å². The van der Waals surface area contributed by atoms with E-state index in [9.17, 15) is 4.79 Å². The van der Waals surface area contributed by atoms with E-state index in [-0.39, 0.29) is 12.1 Å². The number of rotatable bonds is 4. The Morgan fingerprint density at radius 3 is 2.74 bits per heavy atom. The zero-order valence-electron chi connectivity index (χ0n) is 13.2. The van der Waals surface area contributed by atoms with Crippen molar-refractivity contribution in [3.8, 4) is 0 Å². The molecule has 2 amide bonds. The molecule has 2 N–H and O–H groups in total. The van der Waals surface area contributed by atoms with E-state index in [2.05, 4.69) is 34.6 Å². The predicted molar refractivity (Wildman–Crippen MR) is 90.2 cm³/mol. The molecule has 0 unspecified atom stereocenters. The average Bonchev–Trinajstić information content (AvgIpc) is 2.97. The number of nitrogens with one attached hydrogen (secondary N) is 2. The first-order valence-corrected chi connectivity index (χ1v) is 7.55. The van der Waals surface area contributed by atoms with Crippen LogP contribution in [0.2, 0.25) is 0 Å². The summed E-state index contributed by atoms with van der Waals surface area (Å²) in [6, 6.07) is 11.6. The molecule has 3 rings (SSSR count). The molecular formula is C17H19N5O. The van der Waals surface area contributed by atoms with Crippen molar-refractivity contribution >= 4 is 22.8 Å². The van der Waals surface area contributed by atoms with Crippen LogP contribution in [0.1, 0.15) is 25.5 Å². The van der Waals surface area contributed by atoms with Gasteiger partial charge in [0.2, 0.25) is 0 Å². The van der Waals surface area contributed by atoms with Gasteiger partial charge >= 0.3 is 6.03 Å². The van der Waals surface area contributed by atoms with Gasteiger partial charge in [-0.15, -0.1) is 0 Å². The van der Waals surface area contributed by atoms with Crippen molar-refractivity contribution in [2.24, 2.45) is 0 Å². The number of anilines is 1. The number of hydrogen-bond donors (Lipinski definition) is 2. The second-order valence-corrected chi connectivity index (χ2v) is 5.61. The second kappa shape index (κ2) is 6.48. The van der Waals surface area contributed by atoms with Crippen LogP contribution >= 0.6 is 0 Å². The van der Waals surface area contributed by atoms with E-state index in [0.29, 0.717) is 12.2 Å². The molecule has 0 radical (unpaired) electrons. The molecule has 6 heteroatoms. The molecule has 0 fully saturated rings. The Balaban J connectivity index is 1.65. The minimum absolute atomic E-state index is 0.244. The quantitative estimate of drug-likeness (QED) is 0.776. The molecule has 6 nitrogen and oxygen atoms in total. The smallest absolute Gasteiger partial charge is 0.319 e. The minimum Gasteiger partial charge on any atom is -0.334 e. The first-order valence-electron chi connectivity index (χ1n) is 7.55. The number of urea groups is 1. The molecule has 0 atom stereocenters. The molecule has 0 aliphatic rings. The van der Waals surface area contributed by atoms with Crippen LogP contribution in [0, 0.1) is 0 Å². The number of benzene rings is 1. The van der Waals surface area contributed by atoms with Crippen LogP contribution in [0.25, 0.3) is 11.0 Å². The fourth-order valence-electron chi connectivity index (χ4n) is 2.34. The molecule has 0 saturated heterocycles. The molecule has 0 spiro atoms. The van der Waals surface area contributed by atoms with Crippen LogP contribution < -0.4 is 10.6 Å². The Bertz CT molecular complexity index is 810. The lowest BCUT2D eigenvalue weighted by molar-refractivity contribution is 0.251. The summed E-state index contributed by atoms with van der Waals surface area (Å²) in [7, 11) is 0. The predicted octanol–water partition coefficient (Wildman–Crippen LogP) is 3.33. The van der Waals surface area contributed by atoms with Crippen LogP contribution in [0.4, 0.5) is 10.5 Å². The summed E-state index contributed by atoms with van der Waals surface area (Å²) in [5, 5.41) is 10.8. The standard InChI is InChI=1S/C17H19N5O/c1-12(2)22-16-14(10-20-22)8-15(11-18-16)21-17(23)19-9-13-6-4-3-5-7-13/h3-8,10-12H,9H2,1-2H3,(H2,19,21,23). The molecule has 0 bridgehead atoms. The maximum atomic E-state index is 12.0. The fourth-order valence-corrected chi connectivity index (χ4v) is 2.34. The van der Waals surface area contributed by atoms with Crippen LogP contribution in [0.5, 0.6) is 0 Å². The number of aromatic nitrogens is 3. The average molecular weight is 309 g/mol. The van der Waals surface area contributed by atoms with Crippen LogP contribution in [-0.4, -0.2) is 20.8 Å². The summed E-state index contributed by atoms with van der Waals surface area (Å²) >= 11 is 0. The van der Waals surface area contributed by atoms with Crippen LogP contribution in [-0.2, 0) is 6.54 Å². The topological polar surface area (TPSA) is 71.8 Å². The normalized spacial score (nSPS) is 10.9. The third kappa shape index (κ3) is 3.48. The molecule has 2 heterocycles. The third-order valence-electron chi connectivity index (χ3n) is 3.48. The van der Waals surface area contributed by atoms with Crippen molar-refractivity contribution in [1.82, 2.24) is 20.1 Å². The number of pyridine rings is 1. The highest BCUT2D eigenvalue weighted by molar-refractivity contribution is 5.91. The van der Waals surface area contributed by atoms with E-state index in [0.717, 1.165) is 16.6 Å². The van der Waals surface area contributed by atoms with Gasteiger partial charge in [0.05, 0.1) is 18.1 Å². The fraction of sp³-hybridized carbons (Fsp3) is 0.235. The summed E-state index contributed by atoms with van der Waals surface area (Å²) in [4.78, 5) is 16.4. The summed E-state index contributed by atoms with van der Waals surface area (Å²) in [6.45, 7) is 4.59. The van der Waals surface area contributed by atoms with Gasteiger partial charge in [0.25, 0.3) is 0 Å². The molecular weight excluding hydrogens is 290 g/mol. The number of fused-ring (bicyclic) bond motifs is 1. The lowest BCUT2D eigenvalue weighted by Crippen LogP contribution is -2.28. The molecule has 0 saturated carbocycles. The summed E-state index contributed by atoms with van der Waals surface area (Å²) < 4.78 is 1.86. The summed E-state index contributed by atoms with van der Waals surface area (Å²) in [6.07, 6.45) is 3.40. The van der Waals surface area contributed by atoms with E-state index in [1.54, 1.807) is 12.4 Å². The SMILES string of the molecule is CC(C)n1ncc2cc(NC(=O)NCc3ccccc3)cnc21. The Hall–Kier alpha value is -2.89. The Morgan fingerprint density at radius 2 is 2.00 bits per heavy atom. The van der Waals surface area contributed by atoms with Crippen molar-refractivity contribution in [3.05, 3.63) is 54.4 Å². The lowest BCUT2D eigenvalue weighted by atomic mass is 10.2. The van der Waals surface area contributed by atoms with E-state index >= 15 is 0 Å². The zero-order chi connectivity index (χ0) is 16.2.